The molecule has 2 aromatic rings. The number of nitrogens with zero attached hydrogens (tertiary/aromatic N) is 1. The fourth-order valence-corrected chi connectivity index (χ4v) is 1.97. The minimum atomic E-state index is -5.14. The van der Waals surface area contributed by atoms with E-state index < -0.39 is 47.0 Å². The summed E-state index contributed by atoms with van der Waals surface area (Å²) >= 11 is 0. The Bertz CT molecular complexity index is 821. The second kappa shape index (κ2) is 7.37. The van der Waals surface area contributed by atoms with Gasteiger partial charge < -0.3 is 18.9 Å². The van der Waals surface area contributed by atoms with Gasteiger partial charge in [-0.15, -0.1) is 13.2 Å². The van der Waals surface area contributed by atoms with Crippen molar-refractivity contribution < 1.29 is 49.7 Å². The largest absolute Gasteiger partial charge is 0.573 e. The summed E-state index contributed by atoms with van der Waals surface area (Å²) in [6.07, 6.45) is -9.24. The number of ether oxygens (including phenoxy) is 4. The Kier molecular flexibility index (Phi) is 5.56. The van der Waals surface area contributed by atoms with Crippen LogP contribution in [0.4, 0.5) is 30.7 Å². The van der Waals surface area contributed by atoms with Crippen molar-refractivity contribution in [3.05, 3.63) is 35.9 Å². The van der Waals surface area contributed by atoms with E-state index in [1.54, 1.807) is 0 Å². The number of alkyl halides is 6. The normalized spacial score (nSPS) is 11.9. The lowest BCUT2D eigenvalue weighted by atomic mass is 10.2. The molecule has 1 aromatic carbocycles. The number of benzene rings is 1. The Morgan fingerprint density at radius 2 is 1.52 bits per heavy atom. The van der Waals surface area contributed by atoms with Crippen LogP contribution in [-0.2, 0) is 6.18 Å². The highest BCUT2D eigenvalue weighted by Crippen LogP contribution is 2.41. The Hall–Kier alpha value is -2.92. The topological polar surface area (TPSA) is 49.8 Å². The molecule has 27 heavy (non-hydrogen) atoms. The molecule has 12 heteroatoms. The van der Waals surface area contributed by atoms with E-state index in [-0.39, 0.29) is 5.75 Å². The zero-order valence-corrected chi connectivity index (χ0v) is 13.5. The zero-order valence-electron chi connectivity index (χ0n) is 13.5. The molecule has 0 aliphatic carbocycles. The Morgan fingerprint density at radius 3 is 2.04 bits per heavy atom. The van der Waals surface area contributed by atoms with Gasteiger partial charge in [0.1, 0.15) is 5.75 Å². The standard InChI is InChI=1S/C15H10F7NO4/c1-24-10-5-7(6-23-13(10)14(17,18)19)26-9-4-3-8(27-15(20,21)22)11(16)12(9)25-2/h3-6H,1-2H3. The van der Waals surface area contributed by atoms with Crippen molar-refractivity contribution >= 4 is 0 Å². The highest BCUT2D eigenvalue weighted by molar-refractivity contribution is 5.49. The second-order valence-corrected chi connectivity index (χ2v) is 4.78. The van der Waals surface area contributed by atoms with Crippen LogP contribution in [0, 0.1) is 5.82 Å². The maximum Gasteiger partial charge on any atom is 0.573 e. The maximum absolute atomic E-state index is 14.1. The summed E-state index contributed by atoms with van der Waals surface area (Å²) < 4.78 is 107. The molecule has 1 aromatic heterocycles. The van der Waals surface area contributed by atoms with E-state index in [1.807, 2.05) is 0 Å². The molecule has 0 aliphatic heterocycles. The van der Waals surface area contributed by atoms with E-state index in [9.17, 15) is 30.7 Å². The molecule has 0 radical (unpaired) electrons. The van der Waals surface area contributed by atoms with Gasteiger partial charge in [-0.3, -0.25) is 0 Å². The molecular formula is C15H10F7NO4. The first kappa shape index (κ1) is 20.4. The third kappa shape index (κ3) is 4.83. The van der Waals surface area contributed by atoms with Crippen molar-refractivity contribution in [3.63, 3.8) is 0 Å². The minimum Gasteiger partial charge on any atom is -0.494 e. The number of hydrogen-bond donors (Lipinski definition) is 0. The van der Waals surface area contributed by atoms with Gasteiger partial charge in [-0.2, -0.15) is 17.6 Å². The highest BCUT2D eigenvalue weighted by Gasteiger charge is 2.37. The first-order chi connectivity index (χ1) is 12.5. The monoisotopic (exact) mass is 401 g/mol. The summed E-state index contributed by atoms with van der Waals surface area (Å²) in [5, 5.41) is 0. The lowest BCUT2D eigenvalue weighted by molar-refractivity contribution is -0.275. The summed E-state index contributed by atoms with van der Waals surface area (Å²) in [6.45, 7) is 0. The van der Waals surface area contributed by atoms with Gasteiger partial charge in [-0.25, -0.2) is 4.98 Å². The van der Waals surface area contributed by atoms with Crippen molar-refractivity contribution in [2.75, 3.05) is 14.2 Å². The number of pyridine rings is 1. The fraction of sp³-hybridized carbons (Fsp3) is 0.267. The molecule has 0 aliphatic rings. The number of hydrogen-bond acceptors (Lipinski definition) is 5. The van der Waals surface area contributed by atoms with Crippen LogP contribution in [-0.4, -0.2) is 25.6 Å². The van der Waals surface area contributed by atoms with Crippen molar-refractivity contribution in [2.45, 2.75) is 12.5 Å². The van der Waals surface area contributed by atoms with E-state index in [2.05, 4.69) is 19.2 Å². The van der Waals surface area contributed by atoms with Gasteiger partial charge in [0.05, 0.1) is 20.4 Å². The maximum atomic E-state index is 14.1. The third-order valence-corrected chi connectivity index (χ3v) is 3.00. The molecule has 0 atom stereocenters. The molecule has 148 valence electrons. The fourth-order valence-electron chi connectivity index (χ4n) is 1.97. The van der Waals surface area contributed by atoms with Gasteiger partial charge in [0, 0.05) is 6.07 Å². The number of aromatic nitrogens is 1. The number of methoxy groups -OCH3 is 2. The van der Waals surface area contributed by atoms with Crippen molar-refractivity contribution in [1.82, 2.24) is 4.98 Å². The van der Waals surface area contributed by atoms with Crippen LogP contribution in [0.15, 0.2) is 24.4 Å². The van der Waals surface area contributed by atoms with E-state index in [4.69, 9.17) is 4.74 Å². The summed E-state index contributed by atoms with van der Waals surface area (Å²) in [6, 6.07) is 2.33. The molecule has 0 spiro atoms. The van der Waals surface area contributed by atoms with Crippen LogP contribution < -0.4 is 18.9 Å². The highest BCUT2D eigenvalue weighted by atomic mass is 19.4. The summed E-state index contributed by atoms with van der Waals surface area (Å²) in [5.74, 6) is -4.84. The van der Waals surface area contributed by atoms with Crippen LogP contribution in [0.5, 0.6) is 28.7 Å². The lowest BCUT2D eigenvalue weighted by Gasteiger charge is -2.16. The number of halogens is 7. The molecule has 0 bridgehead atoms. The third-order valence-electron chi connectivity index (χ3n) is 3.00. The molecule has 0 fully saturated rings. The van der Waals surface area contributed by atoms with Gasteiger partial charge in [0.25, 0.3) is 0 Å². The first-order valence-electron chi connectivity index (χ1n) is 6.87. The summed E-state index contributed by atoms with van der Waals surface area (Å²) in [5.41, 5.74) is -1.32. The molecule has 0 amide bonds. The molecule has 0 N–H and O–H groups in total. The summed E-state index contributed by atoms with van der Waals surface area (Å²) in [4.78, 5) is 3.18. The molecule has 5 nitrogen and oxygen atoms in total. The number of rotatable bonds is 5. The van der Waals surface area contributed by atoms with Crippen LogP contribution in [0.3, 0.4) is 0 Å². The Morgan fingerprint density at radius 1 is 0.889 bits per heavy atom. The van der Waals surface area contributed by atoms with Crippen LogP contribution in [0.1, 0.15) is 5.69 Å². The molecular weight excluding hydrogens is 391 g/mol. The lowest BCUT2D eigenvalue weighted by Crippen LogP contribution is -2.18. The van der Waals surface area contributed by atoms with Crippen LogP contribution >= 0.6 is 0 Å². The van der Waals surface area contributed by atoms with Crippen molar-refractivity contribution in [3.8, 4) is 28.7 Å². The second-order valence-electron chi connectivity index (χ2n) is 4.78. The van der Waals surface area contributed by atoms with Crippen molar-refractivity contribution in [2.24, 2.45) is 0 Å². The van der Waals surface area contributed by atoms with Gasteiger partial charge >= 0.3 is 12.5 Å². The molecule has 0 saturated carbocycles. The average Bonchev–Trinajstić information content (AvgIpc) is 2.55. The summed E-state index contributed by atoms with van der Waals surface area (Å²) in [7, 11) is 1.92. The van der Waals surface area contributed by atoms with Gasteiger partial charge in [-0.05, 0) is 12.1 Å². The van der Waals surface area contributed by atoms with Gasteiger partial charge in [0.2, 0.25) is 11.6 Å². The van der Waals surface area contributed by atoms with Crippen molar-refractivity contribution in [1.29, 1.82) is 0 Å². The predicted octanol–water partition coefficient (Wildman–Crippen LogP) is 4.95. The van der Waals surface area contributed by atoms with E-state index in [1.165, 1.54) is 0 Å². The van der Waals surface area contributed by atoms with E-state index in [0.29, 0.717) is 12.3 Å². The SMILES string of the molecule is COc1cc(Oc2ccc(OC(F)(F)F)c(F)c2OC)cnc1C(F)(F)F. The Labute approximate surface area is 147 Å². The van der Waals surface area contributed by atoms with Crippen LogP contribution in [0.2, 0.25) is 0 Å². The predicted molar refractivity (Wildman–Crippen MR) is 75.5 cm³/mol. The molecule has 0 saturated heterocycles. The molecule has 1 heterocycles. The van der Waals surface area contributed by atoms with Gasteiger partial charge in [0.15, 0.2) is 22.9 Å². The average molecular weight is 401 g/mol. The zero-order chi connectivity index (χ0) is 20.4. The van der Waals surface area contributed by atoms with Gasteiger partial charge in [-0.1, -0.05) is 0 Å². The molecule has 2 rings (SSSR count). The Balaban J connectivity index is 2.39. The smallest absolute Gasteiger partial charge is 0.494 e. The van der Waals surface area contributed by atoms with E-state index >= 15 is 0 Å². The molecule has 0 unspecified atom stereocenters. The van der Waals surface area contributed by atoms with Crippen LogP contribution in [0.25, 0.3) is 0 Å². The quantitative estimate of drug-likeness (QED) is 0.664. The minimum absolute atomic E-state index is 0.304. The first-order valence-corrected chi connectivity index (χ1v) is 6.87. The van der Waals surface area contributed by atoms with E-state index in [0.717, 1.165) is 26.4 Å².